The zero-order valence-electron chi connectivity index (χ0n) is 14.5. The van der Waals surface area contributed by atoms with Gasteiger partial charge in [-0.15, -0.1) is 24.0 Å². The summed E-state index contributed by atoms with van der Waals surface area (Å²) in [6.07, 6.45) is 2.81. The topological polar surface area (TPSA) is 52.6 Å². The molecule has 1 aromatic heterocycles. The van der Waals surface area contributed by atoms with Crippen molar-refractivity contribution in [2.24, 2.45) is 4.99 Å². The number of nitrogens with zero attached hydrogens (tertiary/aromatic N) is 3. The van der Waals surface area contributed by atoms with E-state index in [4.69, 9.17) is 23.2 Å². The fourth-order valence-corrected chi connectivity index (χ4v) is 3.17. The number of anilines is 1. The number of aromatic nitrogens is 1. The van der Waals surface area contributed by atoms with Crippen molar-refractivity contribution in [1.82, 2.24) is 15.6 Å². The summed E-state index contributed by atoms with van der Waals surface area (Å²) >= 11 is 11.9. The Balaban J connectivity index is 0.00000243. The highest BCUT2D eigenvalue weighted by Gasteiger charge is 2.23. The second-order valence-corrected chi connectivity index (χ2v) is 6.79. The minimum atomic E-state index is 0. The molecule has 8 heteroatoms. The van der Waals surface area contributed by atoms with Crippen LogP contribution in [0.2, 0.25) is 10.2 Å². The van der Waals surface area contributed by atoms with Gasteiger partial charge in [-0.2, -0.15) is 0 Å². The van der Waals surface area contributed by atoms with E-state index in [2.05, 4.69) is 31.6 Å². The van der Waals surface area contributed by atoms with Crippen molar-refractivity contribution in [2.45, 2.75) is 19.0 Å². The average Bonchev–Trinajstić information content (AvgIpc) is 3.08. The van der Waals surface area contributed by atoms with Gasteiger partial charge in [0.2, 0.25) is 0 Å². The fourth-order valence-electron chi connectivity index (χ4n) is 2.87. The van der Waals surface area contributed by atoms with Gasteiger partial charge in [-0.1, -0.05) is 35.3 Å². The van der Waals surface area contributed by atoms with E-state index >= 15 is 0 Å². The van der Waals surface area contributed by atoms with Crippen LogP contribution in [0.1, 0.15) is 12.0 Å². The molecule has 0 saturated carbocycles. The molecule has 2 aromatic rings. The van der Waals surface area contributed by atoms with E-state index in [-0.39, 0.29) is 24.0 Å². The van der Waals surface area contributed by atoms with E-state index in [0.29, 0.717) is 17.7 Å². The second kappa shape index (κ2) is 10.2. The molecule has 140 valence electrons. The van der Waals surface area contributed by atoms with Crippen molar-refractivity contribution in [3.8, 4) is 0 Å². The van der Waals surface area contributed by atoms with Gasteiger partial charge < -0.3 is 15.5 Å². The Kier molecular flexibility index (Phi) is 8.24. The summed E-state index contributed by atoms with van der Waals surface area (Å²) in [6.45, 7) is 2.56. The van der Waals surface area contributed by atoms with Crippen molar-refractivity contribution < 1.29 is 0 Å². The van der Waals surface area contributed by atoms with Gasteiger partial charge in [-0.05, 0) is 36.2 Å². The Morgan fingerprint density at radius 1 is 1.31 bits per heavy atom. The Morgan fingerprint density at radius 2 is 2.15 bits per heavy atom. The minimum Gasteiger partial charge on any atom is -0.369 e. The molecule has 1 aliphatic heterocycles. The molecule has 1 aliphatic rings. The first-order valence-electron chi connectivity index (χ1n) is 8.22. The summed E-state index contributed by atoms with van der Waals surface area (Å²) in [4.78, 5) is 10.7. The van der Waals surface area contributed by atoms with Crippen LogP contribution in [0.15, 0.2) is 47.6 Å². The molecule has 2 heterocycles. The van der Waals surface area contributed by atoms with Crippen LogP contribution in [0, 0.1) is 0 Å². The standard InChI is InChI=1S/C18H21Cl2N5.HI/c1-21-18(23-11-13-5-6-17(20)22-10-13)24-15-7-8-25(12-15)16-4-2-3-14(19)9-16;/h2-6,9-10,15H,7-8,11-12H2,1H3,(H2,21,23,24);1H. The molecule has 3 rings (SSSR count). The van der Waals surface area contributed by atoms with Crippen LogP contribution in [0.3, 0.4) is 0 Å². The number of aliphatic imine (C=N–C) groups is 1. The largest absolute Gasteiger partial charge is 0.369 e. The molecular formula is C18H22Cl2IN5. The zero-order valence-corrected chi connectivity index (χ0v) is 18.3. The molecule has 1 aromatic carbocycles. The van der Waals surface area contributed by atoms with Crippen LogP contribution >= 0.6 is 47.2 Å². The van der Waals surface area contributed by atoms with E-state index in [1.54, 1.807) is 19.3 Å². The molecule has 0 spiro atoms. The van der Waals surface area contributed by atoms with Gasteiger partial charge in [0.1, 0.15) is 5.15 Å². The van der Waals surface area contributed by atoms with Crippen LogP contribution in [-0.4, -0.2) is 37.1 Å². The lowest BCUT2D eigenvalue weighted by molar-refractivity contribution is 0.648. The number of hydrogen-bond acceptors (Lipinski definition) is 3. The number of rotatable bonds is 4. The molecule has 1 saturated heterocycles. The molecule has 5 nitrogen and oxygen atoms in total. The van der Waals surface area contributed by atoms with Crippen LogP contribution in [-0.2, 0) is 6.54 Å². The molecule has 1 atom stereocenters. The first-order valence-corrected chi connectivity index (χ1v) is 8.98. The third kappa shape index (κ3) is 5.89. The predicted octanol–water partition coefficient (Wildman–Crippen LogP) is 3.95. The summed E-state index contributed by atoms with van der Waals surface area (Å²) in [5.41, 5.74) is 2.21. The normalized spacial score (nSPS) is 17.0. The molecule has 1 unspecified atom stereocenters. The monoisotopic (exact) mass is 505 g/mol. The first kappa shape index (κ1) is 21.1. The smallest absolute Gasteiger partial charge is 0.191 e. The van der Waals surface area contributed by atoms with Crippen LogP contribution in [0.25, 0.3) is 0 Å². The highest BCUT2D eigenvalue weighted by molar-refractivity contribution is 14.0. The summed E-state index contributed by atoms with van der Waals surface area (Å²) in [5, 5.41) is 8.06. The van der Waals surface area contributed by atoms with Gasteiger partial charge in [0, 0.05) is 49.6 Å². The molecule has 2 N–H and O–H groups in total. The molecule has 0 aliphatic carbocycles. The lowest BCUT2D eigenvalue weighted by Crippen LogP contribution is -2.44. The SMILES string of the molecule is CN=C(NCc1ccc(Cl)nc1)NC1CCN(c2cccc(Cl)c2)C1.I. The third-order valence-corrected chi connectivity index (χ3v) is 4.63. The van der Waals surface area contributed by atoms with E-state index in [9.17, 15) is 0 Å². The number of benzene rings is 1. The molecule has 1 fully saturated rings. The minimum absolute atomic E-state index is 0. The Morgan fingerprint density at radius 3 is 2.85 bits per heavy atom. The Labute approximate surface area is 181 Å². The van der Waals surface area contributed by atoms with Gasteiger partial charge in [0.25, 0.3) is 0 Å². The molecular weight excluding hydrogens is 484 g/mol. The van der Waals surface area contributed by atoms with E-state index in [1.165, 1.54) is 0 Å². The van der Waals surface area contributed by atoms with Crippen molar-refractivity contribution in [3.63, 3.8) is 0 Å². The number of halogens is 3. The van der Waals surface area contributed by atoms with E-state index in [0.717, 1.165) is 41.7 Å². The van der Waals surface area contributed by atoms with E-state index in [1.807, 2.05) is 24.3 Å². The number of hydrogen-bond donors (Lipinski definition) is 2. The Hall–Kier alpha value is -1.25. The molecule has 0 amide bonds. The van der Waals surface area contributed by atoms with E-state index < -0.39 is 0 Å². The summed E-state index contributed by atoms with van der Waals surface area (Å²) in [5.74, 6) is 0.785. The van der Waals surface area contributed by atoms with Crippen molar-refractivity contribution in [1.29, 1.82) is 0 Å². The van der Waals surface area contributed by atoms with Gasteiger partial charge in [-0.25, -0.2) is 4.98 Å². The lowest BCUT2D eigenvalue weighted by atomic mass is 10.2. The third-order valence-electron chi connectivity index (χ3n) is 4.17. The quantitative estimate of drug-likeness (QED) is 0.286. The van der Waals surface area contributed by atoms with Crippen LogP contribution in [0.5, 0.6) is 0 Å². The number of nitrogens with one attached hydrogen (secondary N) is 2. The summed E-state index contributed by atoms with van der Waals surface area (Å²) < 4.78 is 0. The summed E-state index contributed by atoms with van der Waals surface area (Å²) in [6, 6.07) is 12.1. The number of pyridine rings is 1. The van der Waals surface area contributed by atoms with Crippen LogP contribution in [0.4, 0.5) is 5.69 Å². The zero-order chi connectivity index (χ0) is 17.6. The lowest BCUT2D eigenvalue weighted by Gasteiger charge is -2.20. The van der Waals surface area contributed by atoms with Crippen LogP contribution < -0.4 is 15.5 Å². The maximum absolute atomic E-state index is 6.09. The van der Waals surface area contributed by atoms with Gasteiger partial charge >= 0.3 is 0 Å². The second-order valence-electron chi connectivity index (χ2n) is 5.97. The fraction of sp³-hybridized carbons (Fsp3) is 0.333. The maximum Gasteiger partial charge on any atom is 0.191 e. The number of guanidine groups is 1. The molecule has 0 radical (unpaired) electrons. The van der Waals surface area contributed by atoms with Gasteiger partial charge in [0.05, 0.1) is 0 Å². The average molecular weight is 506 g/mol. The highest BCUT2D eigenvalue weighted by Crippen LogP contribution is 2.23. The first-order chi connectivity index (χ1) is 12.1. The maximum atomic E-state index is 6.09. The highest BCUT2D eigenvalue weighted by atomic mass is 127. The Bertz CT molecular complexity index is 739. The van der Waals surface area contributed by atoms with Crippen molar-refractivity contribution in [3.05, 3.63) is 58.3 Å². The summed E-state index contributed by atoms with van der Waals surface area (Å²) in [7, 11) is 1.78. The van der Waals surface area contributed by atoms with Crippen molar-refractivity contribution >= 4 is 58.8 Å². The molecule has 26 heavy (non-hydrogen) atoms. The van der Waals surface area contributed by atoms with Crippen molar-refractivity contribution in [2.75, 3.05) is 25.0 Å². The van der Waals surface area contributed by atoms with Gasteiger partial charge in [0.15, 0.2) is 5.96 Å². The van der Waals surface area contributed by atoms with Gasteiger partial charge in [-0.3, -0.25) is 4.99 Å². The molecule has 0 bridgehead atoms. The predicted molar refractivity (Wildman–Crippen MR) is 120 cm³/mol.